The molecule has 1 aliphatic rings. The molecule has 96 valence electrons. The first-order chi connectivity index (χ1) is 7.63. The predicted octanol–water partition coefficient (Wildman–Crippen LogP) is 1.94. The molecule has 3 atom stereocenters. The molecule has 0 bridgehead atoms. The number of aliphatic hydroxyl groups is 1. The second-order valence-corrected chi connectivity index (χ2v) is 5.22. The first-order valence-electron chi connectivity index (χ1n) is 6.66. The van der Waals surface area contributed by atoms with Crippen LogP contribution in [0.3, 0.4) is 0 Å². The molecule has 3 heteroatoms. The summed E-state index contributed by atoms with van der Waals surface area (Å²) < 4.78 is 5.70. The summed E-state index contributed by atoms with van der Waals surface area (Å²) in [5.41, 5.74) is 0. The molecule has 1 aliphatic heterocycles. The van der Waals surface area contributed by atoms with Gasteiger partial charge in [-0.15, -0.1) is 0 Å². The Kier molecular flexibility index (Phi) is 6.32. The minimum absolute atomic E-state index is 0.229. The van der Waals surface area contributed by atoms with Gasteiger partial charge in [0.05, 0.1) is 12.2 Å². The first-order valence-corrected chi connectivity index (χ1v) is 6.66. The molecule has 1 saturated heterocycles. The Labute approximate surface area is 99.6 Å². The number of rotatable bonds is 6. The normalized spacial score (nSPS) is 28.3. The van der Waals surface area contributed by atoms with E-state index in [0.29, 0.717) is 24.6 Å². The van der Waals surface area contributed by atoms with Crippen molar-refractivity contribution < 1.29 is 9.84 Å². The monoisotopic (exact) mass is 229 g/mol. The van der Waals surface area contributed by atoms with Gasteiger partial charge in [0.25, 0.3) is 0 Å². The summed E-state index contributed by atoms with van der Waals surface area (Å²) in [6, 6.07) is 0.527. The zero-order valence-corrected chi connectivity index (χ0v) is 10.9. The van der Waals surface area contributed by atoms with Crippen LogP contribution < -0.4 is 5.32 Å². The summed E-state index contributed by atoms with van der Waals surface area (Å²) in [6.07, 6.45) is 4.71. The van der Waals surface area contributed by atoms with Gasteiger partial charge in [-0.1, -0.05) is 27.2 Å². The van der Waals surface area contributed by atoms with Gasteiger partial charge in [0.2, 0.25) is 0 Å². The van der Waals surface area contributed by atoms with E-state index in [4.69, 9.17) is 4.74 Å². The lowest BCUT2D eigenvalue weighted by Gasteiger charge is -2.31. The molecule has 0 aromatic rings. The van der Waals surface area contributed by atoms with E-state index in [-0.39, 0.29) is 6.10 Å². The first kappa shape index (κ1) is 13.9. The van der Waals surface area contributed by atoms with E-state index >= 15 is 0 Å². The van der Waals surface area contributed by atoms with Crippen LogP contribution in [-0.2, 0) is 4.74 Å². The molecule has 3 nitrogen and oxygen atoms in total. The molecule has 1 heterocycles. The van der Waals surface area contributed by atoms with Crippen LogP contribution in [0.5, 0.6) is 0 Å². The van der Waals surface area contributed by atoms with Crippen molar-refractivity contribution in [2.24, 2.45) is 5.92 Å². The van der Waals surface area contributed by atoms with Crippen LogP contribution in [0, 0.1) is 5.92 Å². The second-order valence-electron chi connectivity index (χ2n) is 5.22. The molecule has 2 N–H and O–H groups in total. The second kappa shape index (κ2) is 7.25. The van der Waals surface area contributed by atoms with Crippen LogP contribution in [0.4, 0.5) is 0 Å². The summed E-state index contributed by atoms with van der Waals surface area (Å²) in [7, 11) is 0. The number of nitrogens with one attached hydrogen (secondary N) is 1. The van der Waals surface area contributed by atoms with Gasteiger partial charge < -0.3 is 15.2 Å². The van der Waals surface area contributed by atoms with E-state index in [1.807, 2.05) is 0 Å². The van der Waals surface area contributed by atoms with Gasteiger partial charge in [0.1, 0.15) is 0 Å². The van der Waals surface area contributed by atoms with Gasteiger partial charge >= 0.3 is 0 Å². The highest BCUT2D eigenvalue weighted by Gasteiger charge is 2.22. The number of hydrogen-bond acceptors (Lipinski definition) is 3. The Balaban J connectivity index is 2.21. The van der Waals surface area contributed by atoms with Gasteiger partial charge in [0.15, 0.2) is 0 Å². The van der Waals surface area contributed by atoms with Gasteiger partial charge in [-0.05, 0) is 25.2 Å². The van der Waals surface area contributed by atoms with Gasteiger partial charge in [-0.2, -0.15) is 0 Å². The van der Waals surface area contributed by atoms with Gasteiger partial charge in [0, 0.05) is 19.2 Å². The van der Waals surface area contributed by atoms with Crippen molar-refractivity contribution >= 4 is 0 Å². The lowest BCUT2D eigenvalue weighted by atomic mass is 9.99. The fraction of sp³-hybridized carbons (Fsp3) is 1.00. The maximum absolute atomic E-state index is 9.73. The smallest absolute Gasteiger partial charge is 0.0687 e. The molecular weight excluding hydrogens is 202 g/mol. The third-order valence-corrected chi connectivity index (χ3v) is 3.36. The van der Waals surface area contributed by atoms with Crippen molar-refractivity contribution in [2.45, 2.75) is 64.7 Å². The highest BCUT2D eigenvalue weighted by atomic mass is 16.5. The van der Waals surface area contributed by atoms with Crippen molar-refractivity contribution in [3.8, 4) is 0 Å². The molecule has 0 aliphatic carbocycles. The fourth-order valence-electron chi connectivity index (χ4n) is 2.11. The lowest BCUT2D eigenvalue weighted by molar-refractivity contribution is -0.00596. The summed E-state index contributed by atoms with van der Waals surface area (Å²) >= 11 is 0. The third kappa shape index (κ3) is 4.81. The fourth-order valence-corrected chi connectivity index (χ4v) is 2.11. The maximum atomic E-state index is 9.73. The van der Waals surface area contributed by atoms with Crippen molar-refractivity contribution in [3.05, 3.63) is 0 Å². The molecule has 0 aromatic heterocycles. The summed E-state index contributed by atoms with van der Waals surface area (Å²) in [5.74, 6) is 0.332. The van der Waals surface area contributed by atoms with E-state index in [2.05, 4.69) is 26.1 Å². The van der Waals surface area contributed by atoms with Gasteiger partial charge in [-0.25, -0.2) is 0 Å². The van der Waals surface area contributed by atoms with Crippen molar-refractivity contribution in [1.29, 1.82) is 0 Å². The Hall–Kier alpha value is -0.120. The quantitative estimate of drug-likeness (QED) is 0.731. The molecule has 16 heavy (non-hydrogen) atoms. The molecule has 0 amide bonds. The van der Waals surface area contributed by atoms with Crippen LogP contribution in [0.1, 0.15) is 46.5 Å². The Morgan fingerprint density at radius 3 is 2.81 bits per heavy atom. The van der Waals surface area contributed by atoms with Crippen molar-refractivity contribution in [2.75, 3.05) is 13.2 Å². The van der Waals surface area contributed by atoms with Gasteiger partial charge in [-0.3, -0.25) is 0 Å². The minimum atomic E-state index is -0.229. The summed E-state index contributed by atoms with van der Waals surface area (Å²) in [5, 5.41) is 13.2. The van der Waals surface area contributed by atoms with E-state index in [1.54, 1.807) is 0 Å². The molecule has 0 saturated carbocycles. The van der Waals surface area contributed by atoms with E-state index in [0.717, 1.165) is 25.9 Å². The summed E-state index contributed by atoms with van der Waals surface area (Å²) in [4.78, 5) is 0. The summed E-state index contributed by atoms with van der Waals surface area (Å²) in [6.45, 7) is 7.87. The van der Waals surface area contributed by atoms with Crippen LogP contribution in [0.2, 0.25) is 0 Å². The maximum Gasteiger partial charge on any atom is 0.0687 e. The Morgan fingerprint density at radius 1 is 1.44 bits per heavy atom. The lowest BCUT2D eigenvalue weighted by Crippen LogP contribution is -2.43. The largest absolute Gasteiger partial charge is 0.392 e. The van der Waals surface area contributed by atoms with Crippen LogP contribution in [0.15, 0.2) is 0 Å². The van der Waals surface area contributed by atoms with Crippen LogP contribution in [0.25, 0.3) is 0 Å². The zero-order chi connectivity index (χ0) is 12.0. The highest BCUT2D eigenvalue weighted by molar-refractivity contribution is 4.78. The van der Waals surface area contributed by atoms with Crippen molar-refractivity contribution in [1.82, 2.24) is 5.32 Å². The predicted molar refractivity (Wildman–Crippen MR) is 66.5 cm³/mol. The van der Waals surface area contributed by atoms with E-state index in [9.17, 15) is 5.11 Å². The molecule has 0 radical (unpaired) electrons. The average Bonchev–Trinajstić information content (AvgIpc) is 2.26. The average molecular weight is 229 g/mol. The van der Waals surface area contributed by atoms with Crippen LogP contribution in [-0.4, -0.2) is 36.5 Å². The number of aliphatic hydroxyl groups excluding tert-OH is 1. The third-order valence-electron chi connectivity index (χ3n) is 3.36. The molecule has 0 aromatic carbocycles. The Morgan fingerprint density at radius 2 is 2.19 bits per heavy atom. The zero-order valence-electron chi connectivity index (χ0n) is 10.9. The van der Waals surface area contributed by atoms with E-state index < -0.39 is 0 Å². The number of hydrogen-bond donors (Lipinski definition) is 2. The molecule has 1 fully saturated rings. The molecule has 1 rings (SSSR count). The van der Waals surface area contributed by atoms with Crippen molar-refractivity contribution in [3.63, 3.8) is 0 Å². The molecule has 0 spiro atoms. The topological polar surface area (TPSA) is 41.5 Å². The molecular formula is C13H27NO2. The standard InChI is InChI=1S/C13H27NO2/c1-4-5-12-8-11(6-7-16-12)14-9-13(15)10(2)3/h10-15H,4-9H2,1-3H3. The SMILES string of the molecule is CCCC1CC(NCC(O)C(C)C)CCO1. The Bertz CT molecular complexity index is 183. The molecule has 3 unspecified atom stereocenters. The highest BCUT2D eigenvalue weighted by Crippen LogP contribution is 2.17. The number of ether oxygens (including phenoxy) is 1. The minimum Gasteiger partial charge on any atom is -0.392 e. The van der Waals surface area contributed by atoms with E-state index in [1.165, 1.54) is 6.42 Å². The van der Waals surface area contributed by atoms with Crippen LogP contribution >= 0.6 is 0 Å².